The van der Waals surface area contributed by atoms with Crippen molar-refractivity contribution < 1.29 is 9.59 Å². The Kier molecular flexibility index (Phi) is 4.75. The lowest BCUT2D eigenvalue weighted by atomic mass is 10.1. The highest BCUT2D eigenvalue weighted by Crippen LogP contribution is 2.20. The summed E-state index contributed by atoms with van der Waals surface area (Å²) in [5, 5.41) is 5.46. The number of amides is 2. The molecular formula is C16H15BrN2O2. The number of rotatable bonds is 3. The minimum atomic E-state index is -0.350. The van der Waals surface area contributed by atoms with E-state index in [2.05, 4.69) is 26.6 Å². The van der Waals surface area contributed by atoms with Crippen LogP contribution in [0.3, 0.4) is 0 Å². The Hall–Kier alpha value is -2.14. The highest BCUT2D eigenvalue weighted by atomic mass is 79.9. The van der Waals surface area contributed by atoms with Gasteiger partial charge >= 0.3 is 6.03 Å². The molecule has 0 heterocycles. The lowest BCUT2D eigenvalue weighted by Crippen LogP contribution is -2.19. The zero-order valence-corrected chi connectivity index (χ0v) is 13.3. The van der Waals surface area contributed by atoms with Crippen LogP contribution in [0.25, 0.3) is 0 Å². The third kappa shape index (κ3) is 4.16. The molecule has 0 fully saturated rings. The second-order valence-corrected chi connectivity index (χ2v) is 5.53. The molecule has 0 spiro atoms. The summed E-state index contributed by atoms with van der Waals surface area (Å²) in [6.07, 6.45) is 0. The summed E-state index contributed by atoms with van der Waals surface area (Å²) in [4.78, 5) is 23.3. The molecule has 0 aliphatic rings. The number of Topliss-reactive ketones (excluding diaryl/α,β-unsaturated/α-hetero) is 1. The molecule has 0 saturated carbocycles. The molecule has 0 aliphatic carbocycles. The second kappa shape index (κ2) is 6.54. The third-order valence-electron chi connectivity index (χ3n) is 2.94. The van der Waals surface area contributed by atoms with Gasteiger partial charge in [-0.25, -0.2) is 4.79 Å². The SMILES string of the molecule is CC(=O)c1cccc(NC(=O)Nc2ccc(Br)c(C)c2)c1. The number of aryl methyl sites for hydroxylation is 1. The van der Waals surface area contributed by atoms with Crippen LogP contribution in [-0.2, 0) is 0 Å². The predicted octanol–water partition coefficient (Wildman–Crippen LogP) is 4.60. The highest BCUT2D eigenvalue weighted by molar-refractivity contribution is 9.10. The molecule has 0 unspecified atom stereocenters. The van der Waals surface area contributed by atoms with Gasteiger partial charge in [0.1, 0.15) is 0 Å². The molecule has 108 valence electrons. The average Bonchev–Trinajstić information content (AvgIpc) is 2.43. The number of nitrogens with one attached hydrogen (secondary N) is 2. The smallest absolute Gasteiger partial charge is 0.308 e. The number of ketones is 1. The molecule has 0 atom stereocenters. The Balaban J connectivity index is 2.06. The molecule has 0 aromatic heterocycles. The number of anilines is 2. The molecule has 2 N–H and O–H groups in total. The number of halogens is 1. The molecule has 2 aromatic rings. The lowest BCUT2D eigenvalue weighted by Gasteiger charge is -2.09. The number of carbonyl (C=O) groups excluding carboxylic acids is 2. The van der Waals surface area contributed by atoms with Crippen LogP contribution in [0.15, 0.2) is 46.9 Å². The number of urea groups is 1. The van der Waals surface area contributed by atoms with E-state index in [1.807, 2.05) is 25.1 Å². The zero-order chi connectivity index (χ0) is 15.4. The molecule has 2 aromatic carbocycles. The van der Waals surface area contributed by atoms with Gasteiger partial charge in [-0.05, 0) is 49.7 Å². The first-order chi connectivity index (χ1) is 9.95. The van der Waals surface area contributed by atoms with Crippen LogP contribution >= 0.6 is 15.9 Å². The first kappa shape index (κ1) is 15.3. The van der Waals surface area contributed by atoms with Crippen LogP contribution in [0.5, 0.6) is 0 Å². The Bertz CT molecular complexity index is 698. The normalized spacial score (nSPS) is 10.0. The average molecular weight is 347 g/mol. The lowest BCUT2D eigenvalue weighted by molar-refractivity contribution is 0.101. The number of carbonyl (C=O) groups is 2. The summed E-state index contributed by atoms with van der Waals surface area (Å²) >= 11 is 3.41. The summed E-state index contributed by atoms with van der Waals surface area (Å²) < 4.78 is 0.989. The van der Waals surface area contributed by atoms with E-state index in [4.69, 9.17) is 0 Å². The van der Waals surface area contributed by atoms with Gasteiger partial charge in [-0.3, -0.25) is 4.79 Å². The van der Waals surface area contributed by atoms with Gasteiger partial charge in [0.2, 0.25) is 0 Å². The fourth-order valence-corrected chi connectivity index (χ4v) is 2.08. The van der Waals surface area contributed by atoms with Crippen molar-refractivity contribution in [3.63, 3.8) is 0 Å². The van der Waals surface area contributed by atoms with Crippen molar-refractivity contribution in [3.05, 3.63) is 58.1 Å². The van der Waals surface area contributed by atoms with Crippen LogP contribution in [-0.4, -0.2) is 11.8 Å². The van der Waals surface area contributed by atoms with Crippen molar-refractivity contribution in [2.75, 3.05) is 10.6 Å². The van der Waals surface area contributed by atoms with Crippen LogP contribution in [0, 0.1) is 6.92 Å². The Morgan fingerprint density at radius 2 is 1.67 bits per heavy atom. The molecular weight excluding hydrogens is 332 g/mol. The van der Waals surface area contributed by atoms with Gasteiger partial charge in [0, 0.05) is 21.4 Å². The van der Waals surface area contributed by atoms with Gasteiger partial charge in [0.15, 0.2) is 5.78 Å². The summed E-state index contributed by atoms with van der Waals surface area (Å²) in [7, 11) is 0. The molecule has 2 rings (SSSR count). The van der Waals surface area contributed by atoms with Crippen molar-refractivity contribution in [2.45, 2.75) is 13.8 Å². The molecule has 0 bridgehead atoms. The minimum absolute atomic E-state index is 0.0393. The van der Waals surface area contributed by atoms with Crippen LogP contribution in [0.4, 0.5) is 16.2 Å². The number of benzene rings is 2. The Morgan fingerprint density at radius 1 is 1.00 bits per heavy atom. The molecule has 0 radical (unpaired) electrons. The molecule has 0 aliphatic heterocycles. The summed E-state index contributed by atoms with van der Waals surface area (Å²) in [6.45, 7) is 3.44. The summed E-state index contributed by atoms with van der Waals surface area (Å²) in [5.74, 6) is -0.0393. The Labute approximate surface area is 131 Å². The summed E-state index contributed by atoms with van der Waals surface area (Å²) in [6, 6.07) is 12.0. The molecule has 4 nitrogen and oxygen atoms in total. The van der Waals surface area contributed by atoms with Crippen molar-refractivity contribution in [3.8, 4) is 0 Å². The van der Waals surface area contributed by atoms with E-state index in [1.54, 1.807) is 24.3 Å². The molecule has 5 heteroatoms. The minimum Gasteiger partial charge on any atom is -0.308 e. The van der Waals surface area contributed by atoms with Gasteiger partial charge in [-0.1, -0.05) is 28.1 Å². The van der Waals surface area contributed by atoms with Gasteiger partial charge in [-0.15, -0.1) is 0 Å². The largest absolute Gasteiger partial charge is 0.323 e. The van der Waals surface area contributed by atoms with E-state index >= 15 is 0 Å². The molecule has 0 saturated heterocycles. The van der Waals surface area contributed by atoms with Crippen LogP contribution in [0.1, 0.15) is 22.8 Å². The number of hydrogen-bond donors (Lipinski definition) is 2. The van der Waals surface area contributed by atoms with Crippen molar-refractivity contribution in [1.29, 1.82) is 0 Å². The predicted molar refractivity (Wildman–Crippen MR) is 88.0 cm³/mol. The first-order valence-corrected chi connectivity index (χ1v) is 7.20. The molecule has 21 heavy (non-hydrogen) atoms. The quantitative estimate of drug-likeness (QED) is 0.797. The van der Waals surface area contributed by atoms with E-state index < -0.39 is 0 Å². The van der Waals surface area contributed by atoms with E-state index in [0.29, 0.717) is 16.9 Å². The number of hydrogen-bond acceptors (Lipinski definition) is 2. The monoisotopic (exact) mass is 346 g/mol. The van der Waals surface area contributed by atoms with E-state index in [0.717, 1.165) is 10.0 Å². The fourth-order valence-electron chi connectivity index (χ4n) is 1.83. The maximum Gasteiger partial charge on any atom is 0.323 e. The van der Waals surface area contributed by atoms with Gasteiger partial charge in [0.05, 0.1) is 0 Å². The first-order valence-electron chi connectivity index (χ1n) is 6.41. The van der Waals surface area contributed by atoms with E-state index in [-0.39, 0.29) is 11.8 Å². The topological polar surface area (TPSA) is 58.2 Å². The summed E-state index contributed by atoms with van der Waals surface area (Å²) in [5.41, 5.74) is 2.88. The van der Waals surface area contributed by atoms with Crippen molar-refractivity contribution in [1.82, 2.24) is 0 Å². The fraction of sp³-hybridized carbons (Fsp3) is 0.125. The van der Waals surface area contributed by atoms with E-state index in [9.17, 15) is 9.59 Å². The van der Waals surface area contributed by atoms with Crippen LogP contribution < -0.4 is 10.6 Å². The van der Waals surface area contributed by atoms with Crippen LogP contribution in [0.2, 0.25) is 0 Å². The van der Waals surface area contributed by atoms with Gasteiger partial charge in [0.25, 0.3) is 0 Å². The van der Waals surface area contributed by atoms with Gasteiger partial charge < -0.3 is 10.6 Å². The molecule has 2 amide bonds. The van der Waals surface area contributed by atoms with Crippen molar-refractivity contribution in [2.24, 2.45) is 0 Å². The van der Waals surface area contributed by atoms with Gasteiger partial charge in [-0.2, -0.15) is 0 Å². The maximum absolute atomic E-state index is 11.9. The Morgan fingerprint density at radius 3 is 2.29 bits per heavy atom. The maximum atomic E-state index is 11.9. The zero-order valence-electron chi connectivity index (χ0n) is 11.7. The third-order valence-corrected chi connectivity index (χ3v) is 3.83. The highest BCUT2D eigenvalue weighted by Gasteiger charge is 2.06. The second-order valence-electron chi connectivity index (χ2n) is 4.68. The standard InChI is InChI=1S/C16H15BrN2O2/c1-10-8-14(6-7-15(10)17)19-16(21)18-13-5-3-4-12(9-13)11(2)20/h3-9H,1-2H3,(H2,18,19,21). The van der Waals surface area contributed by atoms with E-state index in [1.165, 1.54) is 6.92 Å². The van der Waals surface area contributed by atoms with Crippen molar-refractivity contribution >= 4 is 39.1 Å².